The van der Waals surface area contributed by atoms with E-state index in [4.69, 9.17) is 15.2 Å². The summed E-state index contributed by atoms with van der Waals surface area (Å²) < 4.78 is 10.8. The van der Waals surface area contributed by atoms with Gasteiger partial charge in [-0.25, -0.2) is 0 Å². The van der Waals surface area contributed by atoms with Crippen molar-refractivity contribution >= 4 is 0 Å². The number of nitrogens with two attached hydrogens (primary N) is 1. The largest absolute Gasteiger partial charge is 0.380 e. The topological polar surface area (TPSA) is 47.7 Å². The zero-order chi connectivity index (χ0) is 11.7. The van der Waals surface area contributed by atoms with Crippen molar-refractivity contribution in [2.24, 2.45) is 5.73 Å². The smallest absolute Gasteiger partial charge is 0.0659 e. The molecular weight excluding hydrogens is 192 g/mol. The minimum absolute atomic E-state index is 0.0902. The third-order valence-corrected chi connectivity index (χ3v) is 2.75. The highest BCUT2D eigenvalue weighted by molar-refractivity contribution is 4.85. The van der Waals surface area contributed by atoms with Gasteiger partial charge in [0.15, 0.2) is 0 Å². The fraction of sp³-hybridized carbons (Fsp3) is 1.00. The van der Waals surface area contributed by atoms with E-state index < -0.39 is 0 Å². The number of hydrogen-bond acceptors (Lipinski definition) is 4. The molecular formula is C11H26N2O2. The SMILES string of the molecule is CCOCCN(C)C(C)(CN)COCC. The Morgan fingerprint density at radius 2 is 1.80 bits per heavy atom. The fourth-order valence-corrected chi connectivity index (χ4v) is 1.26. The lowest BCUT2D eigenvalue weighted by Crippen LogP contribution is -2.54. The molecule has 0 rings (SSSR count). The highest BCUT2D eigenvalue weighted by Crippen LogP contribution is 2.11. The third kappa shape index (κ3) is 5.47. The quantitative estimate of drug-likeness (QED) is 0.579. The summed E-state index contributed by atoms with van der Waals surface area (Å²) in [6.45, 7) is 10.5. The summed E-state index contributed by atoms with van der Waals surface area (Å²) in [6.07, 6.45) is 0. The lowest BCUT2D eigenvalue weighted by atomic mass is 10.0. The maximum atomic E-state index is 5.79. The molecule has 0 saturated carbocycles. The minimum atomic E-state index is -0.0902. The van der Waals surface area contributed by atoms with Gasteiger partial charge >= 0.3 is 0 Å². The van der Waals surface area contributed by atoms with Gasteiger partial charge in [0.25, 0.3) is 0 Å². The zero-order valence-corrected chi connectivity index (χ0v) is 10.6. The van der Waals surface area contributed by atoms with Gasteiger partial charge in [0.1, 0.15) is 0 Å². The number of hydrogen-bond donors (Lipinski definition) is 1. The normalized spacial score (nSPS) is 15.6. The molecule has 0 amide bonds. The van der Waals surface area contributed by atoms with E-state index in [-0.39, 0.29) is 5.54 Å². The van der Waals surface area contributed by atoms with Crippen LogP contribution in [0.2, 0.25) is 0 Å². The molecule has 0 aliphatic heterocycles. The van der Waals surface area contributed by atoms with Crippen molar-refractivity contribution in [1.29, 1.82) is 0 Å². The minimum Gasteiger partial charge on any atom is -0.380 e. The Hall–Kier alpha value is -0.160. The monoisotopic (exact) mass is 218 g/mol. The molecule has 1 unspecified atom stereocenters. The Bertz CT molecular complexity index is 156. The van der Waals surface area contributed by atoms with Crippen molar-refractivity contribution in [2.45, 2.75) is 26.3 Å². The molecule has 0 aliphatic carbocycles. The van der Waals surface area contributed by atoms with Gasteiger partial charge in [0.05, 0.1) is 18.8 Å². The number of rotatable bonds is 9. The van der Waals surface area contributed by atoms with Crippen LogP contribution in [0.25, 0.3) is 0 Å². The summed E-state index contributed by atoms with van der Waals surface area (Å²) >= 11 is 0. The second-order valence-corrected chi connectivity index (χ2v) is 3.96. The molecule has 0 bridgehead atoms. The maximum absolute atomic E-state index is 5.79. The summed E-state index contributed by atoms with van der Waals surface area (Å²) in [7, 11) is 2.06. The number of nitrogens with zero attached hydrogens (tertiary/aromatic N) is 1. The van der Waals surface area contributed by atoms with Gasteiger partial charge in [-0.1, -0.05) is 0 Å². The van der Waals surface area contributed by atoms with Crippen LogP contribution in [0.4, 0.5) is 0 Å². The summed E-state index contributed by atoms with van der Waals surface area (Å²) in [4.78, 5) is 2.21. The molecule has 4 heteroatoms. The third-order valence-electron chi connectivity index (χ3n) is 2.75. The van der Waals surface area contributed by atoms with Crippen molar-refractivity contribution in [1.82, 2.24) is 4.90 Å². The number of likely N-dealkylation sites (N-methyl/N-ethyl adjacent to an activating group) is 1. The van der Waals surface area contributed by atoms with E-state index in [9.17, 15) is 0 Å². The first kappa shape index (κ1) is 14.8. The molecule has 1 atom stereocenters. The van der Waals surface area contributed by atoms with Crippen LogP contribution in [0.3, 0.4) is 0 Å². The Balaban J connectivity index is 3.99. The van der Waals surface area contributed by atoms with Gasteiger partial charge < -0.3 is 15.2 Å². The van der Waals surface area contributed by atoms with Crippen LogP contribution in [-0.2, 0) is 9.47 Å². The molecule has 0 aromatic rings. The van der Waals surface area contributed by atoms with Crippen molar-refractivity contribution in [3.63, 3.8) is 0 Å². The van der Waals surface area contributed by atoms with E-state index in [1.807, 2.05) is 13.8 Å². The van der Waals surface area contributed by atoms with Crippen LogP contribution in [0.1, 0.15) is 20.8 Å². The molecule has 0 saturated heterocycles. The first-order valence-electron chi connectivity index (χ1n) is 5.67. The van der Waals surface area contributed by atoms with Crippen molar-refractivity contribution < 1.29 is 9.47 Å². The van der Waals surface area contributed by atoms with Crippen LogP contribution in [-0.4, -0.2) is 57.0 Å². The lowest BCUT2D eigenvalue weighted by molar-refractivity contribution is 0.00926. The van der Waals surface area contributed by atoms with Gasteiger partial charge in [-0.15, -0.1) is 0 Å². The predicted octanol–water partition coefficient (Wildman–Crippen LogP) is 0.709. The Morgan fingerprint density at radius 3 is 2.27 bits per heavy atom. The molecule has 0 aromatic heterocycles. The first-order valence-corrected chi connectivity index (χ1v) is 5.67. The summed E-state index contributed by atoms with van der Waals surface area (Å²) in [5.74, 6) is 0. The molecule has 92 valence electrons. The van der Waals surface area contributed by atoms with Gasteiger partial charge in [-0.3, -0.25) is 4.90 Å². The van der Waals surface area contributed by atoms with Crippen molar-refractivity contribution in [2.75, 3.05) is 46.6 Å². The molecule has 15 heavy (non-hydrogen) atoms. The van der Waals surface area contributed by atoms with Crippen molar-refractivity contribution in [3.05, 3.63) is 0 Å². The van der Waals surface area contributed by atoms with E-state index in [0.717, 1.165) is 26.4 Å². The van der Waals surface area contributed by atoms with Crippen LogP contribution < -0.4 is 5.73 Å². The van der Waals surface area contributed by atoms with E-state index in [2.05, 4.69) is 18.9 Å². The van der Waals surface area contributed by atoms with E-state index in [0.29, 0.717) is 13.2 Å². The Morgan fingerprint density at radius 1 is 1.20 bits per heavy atom. The Kier molecular flexibility index (Phi) is 7.96. The second-order valence-electron chi connectivity index (χ2n) is 3.96. The highest BCUT2D eigenvalue weighted by atomic mass is 16.5. The predicted molar refractivity (Wildman–Crippen MR) is 63.1 cm³/mol. The van der Waals surface area contributed by atoms with Gasteiger partial charge in [0, 0.05) is 26.3 Å². The number of ether oxygens (including phenoxy) is 2. The molecule has 0 heterocycles. The van der Waals surface area contributed by atoms with E-state index >= 15 is 0 Å². The molecule has 0 fully saturated rings. The van der Waals surface area contributed by atoms with E-state index in [1.54, 1.807) is 0 Å². The van der Waals surface area contributed by atoms with E-state index in [1.165, 1.54) is 0 Å². The van der Waals surface area contributed by atoms with Crippen LogP contribution in [0, 0.1) is 0 Å². The summed E-state index contributed by atoms with van der Waals surface area (Å²) in [6, 6.07) is 0. The van der Waals surface area contributed by atoms with Crippen LogP contribution in [0.15, 0.2) is 0 Å². The molecule has 2 N–H and O–H groups in total. The fourth-order valence-electron chi connectivity index (χ4n) is 1.26. The van der Waals surface area contributed by atoms with Crippen molar-refractivity contribution in [3.8, 4) is 0 Å². The molecule has 0 spiro atoms. The summed E-state index contributed by atoms with van der Waals surface area (Å²) in [5, 5.41) is 0. The standard InChI is InChI=1S/C11H26N2O2/c1-5-14-8-7-13(4)11(3,9-12)10-15-6-2/h5-10,12H2,1-4H3. The highest BCUT2D eigenvalue weighted by Gasteiger charge is 2.27. The lowest BCUT2D eigenvalue weighted by Gasteiger charge is -2.37. The molecule has 0 radical (unpaired) electrons. The maximum Gasteiger partial charge on any atom is 0.0659 e. The van der Waals surface area contributed by atoms with Crippen LogP contribution >= 0.6 is 0 Å². The molecule has 0 aliphatic rings. The van der Waals surface area contributed by atoms with Gasteiger partial charge in [0.2, 0.25) is 0 Å². The zero-order valence-electron chi connectivity index (χ0n) is 10.6. The van der Waals surface area contributed by atoms with Gasteiger partial charge in [-0.05, 0) is 27.8 Å². The van der Waals surface area contributed by atoms with Crippen LogP contribution in [0.5, 0.6) is 0 Å². The average Bonchev–Trinajstić information content (AvgIpc) is 2.26. The molecule has 0 aromatic carbocycles. The second kappa shape index (κ2) is 8.05. The Labute approximate surface area is 93.7 Å². The molecule has 4 nitrogen and oxygen atoms in total. The summed E-state index contributed by atoms with van der Waals surface area (Å²) in [5.41, 5.74) is 5.70. The van der Waals surface area contributed by atoms with Gasteiger partial charge in [-0.2, -0.15) is 0 Å². The first-order chi connectivity index (χ1) is 7.10. The average molecular weight is 218 g/mol.